The third-order valence-corrected chi connectivity index (χ3v) is 2.63. The summed E-state index contributed by atoms with van der Waals surface area (Å²) >= 11 is 0. The molecule has 0 aliphatic carbocycles. The molecule has 0 saturated carbocycles. The van der Waals surface area contributed by atoms with Crippen molar-refractivity contribution in [1.29, 1.82) is 0 Å². The van der Waals surface area contributed by atoms with Gasteiger partial charge in [-0.15, -0.1) is 0 Å². The van der Waals surface area contributed by atoms with Crippen molar-refractivity contribution in [2.24, 2.45) is 0 Å². The van der Waals surface area contributed by atoms with Gasteiger partial charge < -0.3 is 15.2 Å². The summed E-state index contributed by atoms with van der Waals surface area (Å²) in [6.45, 7) is 4.89. The lowest BCUT2D eigenvalue weighted by atomic mass is 10.0. The maximum absolute atomic E-state index is 8.98. The van der Waals surface area contributed by atoms with Crippen LogP contribution >= 0.6 is 0 Å². The van der Waals surface area contributed by atoms with Gasteiger partial charge in [-0.2, -0.15) is 0 Å². The van der Waals surface area contributed by atoms with Crippen molar-refractivity contribution in [2.75, 3.05) is 20.3 Å². The van der Waals surface area contributed by atoms with Gasteiger partial charge in [0.2, 0.25) is 0 Å². The smallest absolute Gasteiger partial charge is 0.119 e. The second-order valence-electron chi connectivity index (χ2n) is 4.20. The Morgan fingerprint density at radius 3 is 2.31 bits per heavy atom. The molecule has 0 aliphatic heterocycles. The van der Waals surface area contributed by atoms with Crippen LogP contribution in [-0.4, -0.2) is 31.4 Å². The van der Waals surface area contributed by atoms with Crippen LogP contribution in [0.25, 0.3) is 0 Å². The Morgan fingerprint density at radius 2 is 1.88 bits per heavy atom. The lowest BCUT2D eigenvalue weighted by Crippen LogP contribution is -2.34. The van der Waals surface area contributed by atoms with Gasteiger partial charge in [0.25, 0.3) is 0 Å². The molecule has 1 rings (SSSR count). The van der Waals surface area contributed by atoms with E-state index in [2.05, 4.69) is 31.3 Å². The maximum atomic E-state index is 8.98. The fourth-order valence-corrected chi connectivity index (χ4v) is 1.37. The minimum Gasteiger partial charge on any atom is -0.492 e. The molecule has 0 aliphatic rings. The minimum atomic E-state index is -0.00947. The standard InChI is InChI=1S/C13H21NO2/c1-10(2)11-4-6-13(7-5-11)16-9-12(8-15)14-3/h4-7,10,12,14-15H,8-9H2,1-3H3. The zero-order valence-corrected chi connectivity index (χ0v) is 10.2. The normalized spacial score (nSPS) is 12.8. The zero-order valence-electron chi connectivity index (χ0n) is 10.2. The molecule has 0 radical (unpaired) electrons. The average Bonchev–Trinajstić information content (AvgIpc) is 2.31. The number of nitrogens with one attached hydrogen (secondary N) is 1. The monoisotopic (exact) mass is 223 g/mol. The zero-order chi connectivity index (χ0) is 12.0. The van der Waals surface area contributed by atoms with E-state index in [1.807, 2.05) is 19.2 Å². The van der Waals surface area contributed by atoms with Gasteiger partial charge in [-0.3, -0.25) is 0 Å². The van der Waals surface area contributed by atoms with Crippen molar-refractivity contribution in [2.45, 2.75) is 25.8 Å². The molecule has 0 amide bonds. The maximum Gasteiger partial charge on any atom is 0.119 e. The van der Waals surface area contributed by atoms with Crippen LogP contribution in [0.3, 0.4) is 0 Å². The van der Waals surface area contributed by atoms with Crippen LogP contribution in [0.4, 0.5) is 0 Å². The number of hydrogen-bond acceptors (Lipinski definition) is 3. The third kappa shape index (κ3) is 3.83. The Morgan fingerprint density at radius 1 is 1.25 bits per heavy atom. The topological polar surface area (TPSA) is 41.5 Å². The highest BCUT2D eigenvalue weighted by Gasteiger charge is 2.05. The van der Waals surface area contributed by atoms with Gasteiger partial charge in [0.05, 0.1) is 12.6 Å². The van der Waals surface area contributed by atoms with Gasteiger partial charge in [0, 0.05) is 0 Å². The second-order valence-corrected chi connectivity index (χ2v) is 4.20. The first-order chi connectivity index (χ1) is 7.67. The van der Waals surface area contributed by atoms with Crippen LogP contribution in [-0.2, 0) is 0 Å². The SMILES string of the molecule is CNC(CO)COc1ccc(C(C)C)cc1. The molecular weight excluding hydrogens is 202 g/mol. The van der Waals surface area contributed by atoms with Gasteiger partial charge in [0.1, 0.15) is 12.4 Å². The highest BCUT2D eigenvalue weighted by atomic mass is 16.5. The molecule has 3 nitrogen and oxygen atoms in total. The summed E-state index contributed by atoms with van der Waals surface area (Å²) < 4.78 is 5.56. The molecule has 1 aromatic carbocycles. The fraction of sp³-hybridized carbons (Fsp3) is 0.538. The van der Waals surface area contributed by atoms with Crippen LogP contribution in [0.15, 0.2) is 24.3 Å². The minimum absolute atomic E-state index is 0.00947. The summed E-state index contributed by atoms with van der Waals surface area (Å²) in [6.07, 6.45) is 0. The number of aliphatic hydroxyl groups is 1. The van der Waals surface area contributed by atoms with Gasteiger partial charge in [0.15, 0.2) is 0 Å². The largest absolute Gasteiger partial charge is 0.492 e. The van der Waals surface area contributed by atoms with E-state index in [0.717, 1.165) is 5.75 Å². The number of benzene rings is 1. The van der Waals surface area contributed by atoms with E-state index < -0.39 is 0 Å². The van der Waals surface area contributed by atoms with Crippen molar-refractivity contribution < 1.29 is 9.84 Å². The molecule has 90 valence electrons. The lowest BCUT2D eigenvalue weighted by Gasteiger charge is -2.14. The molecule has 2 N–H and O–H groups in total. The van der Waals surface area contributed by atoms with E-state index in [-0.39, 0.29) is 12.6 Å². The molecule has 0 aromatic heterocycles. The number of hydrogen-bond donors (Lipinski definition) is 2. The van der Waals surface area contributed by atoms with Crippen LogP contribution in [0.2, 0.25) is 0 Å². The highest BCUT2D eigenvalue weighted by molar-refractivity contribution is 5.28. The van der Waals surface area contributed by atoms with Crippen LogP contribution in [0.1, 0.15) is 25.3 Å². The van der Waals surface area contributed by atoms with Crippen molar-refractivity contribution in [3.63, 3.8) is 0 Å². The van der Waals surface area contributed by atoms with E-state index in [0.29, 0.717) is 12.5 Å². The van der Waals surface area contributed by atoms with E-state index in [1.54, 1.807) is 0 Å². The summed E-state index contributed by atoms with van der Waals surface area (Å²) in [7, 11) is 1.81. The molecule has 0 spiro atoms. The van der Waals surface area contributed by atoms with Crippen molar-refractivity contribution in [3.05, 3.63) is 29.8 Å². The highest BCUT2D eigenvalue weighted by Crippen LogP contribution is 2.18. The second kappa shape index (κ2) is 6.51. The van der Waals surface area contributed by atoms with E-state index in [4.69, 9.17) is 9.84 Å². The van der Waals surface area contributed by atoms with Crippen LogP contribution in [0.5, 0.6) is 5.75 Å². The van der Waals surface area contributed by atoms with Gasteiger partial charge in [-0.05, 0) is 30.7 Å². The van der Waals surface area contributed by atoms with Crippen molar-refractivity contribution in [1.82, 2.24) is 5.32 Å². The van der Waals surface area contributed by atoms with E-state index in [1.165, 1.54) is 5.56 Å². The molecule has 0 heterocycles. The molecule has 0 fully saturated rings. The predicted molar refractivity (Wildman–Crippen MR) is 66.0 cm³/mol. The summed E-state index contributed by atoms with van der Waals surface area (Å²) in [5.74, 6) is 1.38. The Hall–Kier alpha value is -1.06. The Bertz CT molecular complexity index is 291. The first kappa shape index (κ1) is 13.0. The lowest BCUT2D eigenvalue weighted by molar-refractivity contribution is 0.189. The average molecular weight is 223 g/mol. The molecular formula is C13H21NO2. The molecule has 0 bridgehead atoms. The summed E-state index contributed by atoms with van der Waals surface area (Å²) in [6, 6.07) is 8.09. The Labute approximate surface area is 97.4 Å². The van der Waals surface area contributed by atoms with Crippen molar-refractivity contribution in [3.8, 4) is 5.75 Å². The number of rotatable bonds is 6. The fourth-order valence-electron chi connectivity index (χ4n) is 1.37. The molecule has 1 unspecified atom stereocenters. The van der Waals surface area contributed by atoms with Gasteiger partial charge in [-0.1, -0.05) is 26.0 Å². The van der Waals surface area contributed by atoms with Gasteiger partial charge >= 0.3 is 0 Å². The number of likely N-dealkylation sites (N-methyl/N-ethyl adjacent to an activating group) is 1. The molecule has 1 aromatic rings. The first-order valence-corrected chi connectivity index (χ1v) is 5.68. The van der Waals surface area contributed by atoms with Crippen LogP contribution in [0, 0.1) is 0 Å². The predicted octanol–water partition coefficient (Wildman–Crippen LogP) is 1.77. The van der Waals surface area contributed by atoms with E-state index >= 15 is 0 Å². The summed E-state index contributed by atoms with van der Waals surface area (Å²) in [4.78, 5) is 0. The summed E-state index contributed by atoms with van der Waals surface area (Å²) in [5, 5.41) is 12.0. The molecule has 1 atom stereocenters. The molecule has 3 heteroatoms. The first-order valence-electron chi connectivity index (χ1n) is 5.68. The number of ether oxygens (including phenoxy) is 1. The van der Waals surface area contributed by atoms with E-state index in [9.17, 15) is 0 Å². The van der Waals surface area contributed by atoms with Gasteiger partial charge in [-0.25, -0.2) is 0 Å². The van der Waals surface area contributed by atoms with Crippen LogP contribution < -0.4 is 10.1 Å². The quantitative estimate of drug-likeness (QED) is 0.772. The molecule has 0 saturated heterocycles. The van der Waals surface area contributed by atoms with Crippen molar-refractivity contribution >= 4 is 0 Å². The number of aliphatic hydroxyl groups excluding tert-OH is 1. The summed E-state index contributed by atoms with van der Waals surface area (Å²) in [5.41, 5.74) is 1.31. The Kier molecular flexibility index (Phi) is 5.29. The molecule has 16 heavy (non-hydrogen) atoms. The third-order valence-electron chi connectivity index (χ3n) is 2.63. The Balaban J connectivity index is 2.49.